The average Bonchev–Trinajstić information content (AvgIpc) is 3.18. The minimum absolute atomic E-state index is 0. The Labute approximate surface area is 194 Å². The highest BCUT2D eigenvalue weighted by molar-refractivity contribution is 14.0. The molecule has 1 aromatic carbocycles. The number of hydrogen-bond acceptors (Lipinski definition) is 4. The van der Waals surface area contributed by atoms with Crippen molar-refractivity contribution in [2.24, 2.45) is 10.9 Å². The van der Waals surface area contributed by atoms with Crippen LogP contribution in [0, 0.1) is 5.92 Å². The van der Waals surface area contributed by atoms with Crippen molar-refractivity contribution in [2.45, 2.75) is 40.2 Å². The SMILES string of the molecule is CCNC(=NCC(C)Oc1ccccc1OC)N1CCC(CN(CC)CC)C1.I. The minimum atomic E-state index is -0.0287. The molecule has 1 aromatic rings. The lowest BCUT2D eigenvalue weighted by Crippen LogP contribution is -2.41. The summed E-state index contributed by atoms with van der Waals surface area (Å²) in [5, 5.41) is 3.45. The number of aliphatic imine (C=N–C) groups is 1. The first-order valence-corrected chi connectivity index (χ1v) is 10.7. The highest BCUT2D eigenvalue weighted by atomic mass is 127. The van der Waals surface area contributed by atoms with E-state index in [2.05, 4.69) is 35.9 Å². The average molecular weight is 518 g/mol. The Bertz CT molecular complexity index is 610. The van der Waals surface area contributed by atoms with Gasteiger partial charge in [0.2, 0.25) is 0 Å². The molecule has 0 bridgehead atoms. The van der Waals surface area contributed by atoms with E-state index in [1.807, 2.05) is 31.2 Å². The molecule has 6 nitrogen and oxygen atoms in total. The van der Waals surface area contributed by atoms with Crippen LogP contribution in [0.25, 0.3) is 0 Å². The standard InChI is InChI=1S/C22H38N4O2.HI/c1-6-23-22(26-14-13-19(17-26)16-25(7-2)8-3)24-15-18(4)28-21-12-10-9-11-20(21)27-5;/h9-12,18-19H,6-8,13-17H2,1-5H3,(H,23,24);1H. The molecule has 7 heteroatoms. The molecule has 1 aliphatic rings. The summed E-state index contributed by atoms with van der Waals surface area (Å²) in [7, 11) is 1.66. The Hall–Kier alpha value is -1.22. The monoisotopic (exact) mass is 518 g/mol. The van der Waals surface area contributed by atoms with Crippen molar-refractivity contribution >= 4 is 29.9 Å². The predicted molar refractivity (Wildman–Crippen MR) is 132 cm³/mol. The van der Waals surface area contributed by atoms with E-state index in [-0.39, 0.29) is 30.1 Å². The summed E-state index contributed by atoms with van der Waals surface area (Å²) in [4.78, 5) is 9.76. The Morgan fingerprint density at radius 1 is 1.24 bits per heavy atom. The summed E-state index contributed by atoms with van der Waals surface area (Å²) in [6.45, 7) is 15.7. The van der Waals surface area contributed by atoms with Crippen LogP contribution in [-0.4, -0.2) is 74.8 Å². The van der Waals surface area contributed by atoms with Gasteiger partial charge in [-0.1, -0.05) is 26.0 Å². The predicted octanol–water partition coefficient (Wildman–Crippen LogP) is 3.71. The number of benzene rings is 1. The molecular formula is C22H39IN4O2. The topological polar surface area (TPSA) is 49.3 Å². The summed E-state index contributed by atoms with van der Waals surface area (Å²) < 4.78 is 11.4. The molecule has 2 atom stereocenters. The molecule has 1 N–H and O–H groups in total. The van der Waals surface area contributed by atoms with E-state index in [4.69, 9.17) is 14.5 Å². The van der Waals surface area contributed by atoms with Gasteiger partial charge in [0.15, 0.2) is 17.5 Å². The smallest absolute Gasteiger partial charge is 0.194 e. The fourth-order valence-electron chi connectivity index (χ4n) is 3.63. The van der Waals surface area contributed by atoms with Gasteiger partial charge in [-0.15, -0.1) is 24.0 Å². The number of likely N-dealkylation sites (tertiary alicyclic amines) is 1. The second-order valence-electron chi connectivity index (χ2n) is 7.36. The molecule has 1 heterocycles. The first-order chi connectivity index (χ1) is 13.6. The van der Waals surface area contributed by atoms with Gasteiger partial charge in [-0.05, 0) is 51.4 Å². The number of halogens is 1. The van der Waals surface area contributed by atoms with Crippen molar-refractivity contribution in [3.63, 3.8) is 0 Å². The highest BCUT2D eigenvalue weighted by Crippen LogP contribution is 2.26. The van der Waals surface area contributed by atoms with Crippen LogP contribution in [0.1, 0.15) is 34.1 Å². The summed E-state index contributed by atoms with van der Waals surface area (Å²) in [6, 6.07) is 7.75. The second kappa shape index (κ2) is 13.9. The van der Waals surface area contributed by atoms with E-state index in [1.165, 1.54) is 13.0 Å². The molecule has 29 heavy (non-hydrogen) atoms. The number of nitrogens with one attached hydrogen (secondary N) is 1. The summed E-state index contributed by atoms with van der Waals surface area (Å²) in [5.41, 5.74) is 0. The number of nitrogens with zero attached hydrogens (tertiary/aromatic N) is 3. The van der Waals surface area contributed by atoms with Gasteiger partial charge in [0, 0.05) is 26.2 Å². The zero-order valence-electron chi connectivity index (χ0n) is 18.7. The van der Waals surface area contributed by atoms with Gasteiger partial charge in [-0.2, -0.15) is 0 Å². The van der Waals surface area contributed by atoms with Gasteiger partial charge in [0.1, 0.15) is 6.10 Å². The van der Waals surface area contributed by atoms with Crippen LogP contribution in [0.2, 0.25) is 0 Å². The van der Waals surface area contributed by atoms with E-state index in [1.54, 1.807) is 7.11 Å². The van der Waals surface area contributed by atoms with Gasteiger partial charge in [-0.3, -0.25) is 0 Å². The van der Waals surface area contributed by atoms with Crippen LogP contribution < -0.4 is 14.8 Å². The van der Waals surface area contributed by atoms with E-state index >= 15 is 0 Å². The van der Waals surface area contributed by atoms with Gasteiger partial charge in [0.25, 0.3) is 0 Å². The lowest BCUT2D eigenvalue weighted by Gasteiger charge is -2.25. The van der Waals surface area contributed by atoms with E-state index < -0.39 is 0 Å². The third-order valence-corrected chi connectivity index (χ3v) is 5.23. The third-order valence-electron chi connectivity index (χ3n) is 5.23. The largest absolute Gasteiger partial charge is 0.493 e. The van der Waals surface area contributed by atoms with Crippen molar-refractivity contribution in [3.8, 4) is 11.5 Å². The summed E-state index contributed by atoms with van der Waals surface area (Å²) >= 11 is 0. The van der Waals surface area contributed by atoms with E-state index in [9.17, 15) is 0 Å². The van der Waals surface area contributed by atoms with Gasteiger partial charge >= 0.3 is 0 Å². The summed E-state index contributed by atoms with van der Waals surface area (Å²) in [6.07, 6.45) is 1.20. The first-order valence-electron chi connectivity index (χ1n) is 10.7. The molecular weight excluding hydrogens is 479 g/mol. The number of rotatable bonds is 10. The molecule has 0 saturated carbocycles. The van der Waals surface area contributed by atoms with Crippen LogP contribution in [-0.2, 0) is 0 Å². The summed E-state index contributed by atoms with van der Waals surface area (Å²) in [5.74, 6) is 3.23. The van der Waals surface area contributed by atoms with Gasteiger partial charge < -0.3 is 24.6 Å². The number of hydrogen-bond donors (Lipinski definition) is 1. The fraction of sp³-hybridized carbons (Fsp3) is 0.682. The van der Waals surface area contributed by atoms with Crippen molar-refractivity contribution in [3.05, 3.63) is 24.3 Å². The fourth-order valence-corrected chi connectivity index (χ4v) is 3.63. The lowest BCUT2D eigenvalue weighted by atomic mass is 10.1. The first kappa shape index (κ1) is 25.8. The zero-order valence-corrected chi connectivity index (χ0v) is 21.0. The minimum Gasteiger partial charge on any atom is -0.493 e. The number of methoxy groups -OCH3 is 1. The van der Waals surface area contributed by atoms with Crippen molar-refractivity contribution < 1.29 is 9.47 Å². The van der Waals surface area contributed by atoms with E-state index in [0.29, 0.717) is 12.5 Å². The van der Waals surface area contributed by atoms with Crippen molar-refractivity contribution in [1.29, 1.82) is 0 Å². The van der Waals surface area contributed by atoms with Crippen LogP contribution >= 0.6 is 24.0 Å². The molecule has 166 valence electrons. The normalized spacial score (nSPS) is 17.8. The molecule has 1 aliphatic heterocycles. The quantitative estimate of drug-likeness (QED) is 0.291. The Morgan fingerprint density at radius 3 is 2.55 bits per heavy atom. The maximum absolute atomic E-state index is 6.05. The highest BCUT2D eigenvalue weighted by Gasteiger charge is 2.26. The molecule has 1 saturated heterocycles. The Morgan fingerprint density at radius 2 is 1.93 bits per heavy atom. The Kier molecular flexibility index (Phi) is 12.4. The van der Waals surface area contributed by atoms with Gasteiger partial charge in [-0.25, -0.2) is 4.99 Å². The molecule has 1 fully saturated rings. The van der Waals surface area contributed by atoms with Crippen LogP contribution in [0.4, 0.5) is 0 Å². The van der Waals surface area contributed by atoms with E-state index in [0.717, 1.165) is 50.2 Å². The molecule has 0 aliphatic carbocycles. The lowest BCUT2D eigenvalue weighted by molar-refractivity contribution is 0.218. The molecule has 0 aromatic heterocycles. The Balaban J connectivity index is 0.00000420. The zero-order chi connectivity index (χ0) is 20.4. The second-order valence-corrected chi connectivity index (χ2v) is 7.36. The number of para-hydroxylation sites is 2. The van der Waals surface area contributed by atoms with Crippen molar-refractivity contribution in [1.82, 2.24) is 15.1 Å². The molecule has 0 spiro atoms. The van der Waals surface area contributed by atoms with Crippen molar-refractivity contribution in [2.75, 3.05) is 52.9 Å². The van der Waals surface area contributed by atoms with Crippen LogP contribution in [0.3, 0.4) is 0 Å². The third kappa shape index (κ3) is 8.20. The molecule has 0 radical (unpaired) electrons. The number of ether oxygens (including phenoxy) is 2. The number of guanidine groups is 1. The molecule has 2 unspecified atom stereocenters. The van der Waals surface area contributed by atoms with Gasteiger partial charge in [0.05, 0.1) is 13.7 Å². The van der Waals surface area contributed by atoms with Crippen LogP contribution in [0.15, 0.2) is 29.3 Å². The molecule has 0 amide bonds. The van der Waals surface area contributed by atoms with Crippen LogP contribution in [0.5, 0.6) is 11.5 Å². The maximum Gasteiger partial charge on any atom is 0.194 e. The molecule has 2 rings (SSSR count). The maximum atomic E-state index is 6.05.